The quantitative estimate of drug-likeness (QED) is 0.265. The van der Waals surface area contributed by atoms with Crippen molar-refractivity contribution in [1.82, 2.24) is 0 Å². The van der Waals surface area contributed by atoms with Crippen LogP contribution < -0.4 is 0 Å². The SMILES string of the molecule is CC(C)(C)OC(=O)c1ccc(C=N[S@@](=O)C(C)(C)C)s1.CC(C)(C)OC(=O)c1ccc(C=O)s1. The number of thiophene rings is 2. The van der Waals surface area contributed by atoms with Crippen molar-refractivity contribution in [2.75, 3.05) is 0 Å². The Balaban J connectivity index is 0.000000362. The van der Waals surface area contributed by atoms with E-state index < -0.39 is 22.2 Å². The number of esters is 2. The van der Waals surface area contributed by atoms with Crippen LogP contribution >= 0.6 is 22.7 Å². The van der Waals surface area contributed by atoms with Gasteiger partial charge in [0, 0.05) is 4.88 Å². The summed E-state index contributed by atoms with van der Waals surface area (Å²) < 4.78 is 25.8. The zero-order valence-corrected chi connectivity index (χ0v) is 23.5. The standard InChI is InChI=1S/C14H21NO3S2.C10H12O3S/c1-13(2,3)18-12(16)11-8-7-10(19-11)9-15-20(17)14(4,5)6;1-10(2,3)13-9(12)8-5-4-7(6-11)14-8/h7-9H,1-6H3;4-6H,1-3H3/t20-;/m0./s1. The predicted octanol–water partition coefficient (Wildman–Crippen LogP) is 6.10. The maximum atomic E-state index is 11.9. The Hall–Kier alpha value is -2.17. The van der Waals surface area contributed by atoms with Gasteiger partial charge < -0.3 is 9.47 Å². The third kappa shape index (κ3) is 11.3. The summed E-state index contributed by atoms with van der Waals surface area (Å²) in [6, 6.07) is 6.67. The molecule has 0 fully saturated rings. The molecule has 2 heterocycles. The molecule has 1 atom stereocenters. The Labute approximate surface area is 212 Å². The summed E-state index contributed by atoms with van der Waals surface area (Å²) in [5.41, 5.74) is -1.01. The zero-order chi connectivity index (χ0) is 26.3. The zero-order valence-electron chi connectivity index (χ0n) is 21.1. The number of carbonyl (C=O) groups is 3. The molecule has 0 N–H and O–H groups in total. The molecule has 2 rings (SSSR count). The minimum Gasteiger partial charge on any atom is -0.456 e. The summed E-state index contributed by atoms with van der Waals surface area (Å²) in [7, 11) is -1.30. The van der Waals surface area contributed by atoms with Crippen molar-refractivity contribution < 1.29 is 28.1 Å². The second-order valence-electron chi connectivity index (χ2n) is 10.1. The van der Waals surface area contributed by atoms with Gasteiger partial charge in [0.15, 0.2) is 6.29 Å². The largest absolute Gasteiger partial charge is 0.456 e. The van der Waals surface area contributed by atoms with E-state index in [0.29, 0.717) is 14.6 Å². The van der Waals surface area contributed by atoms with Gasteiger partial charge in [0.2, 0.25) is 0 Å². The van der Waals surface area contributed by atoms with Crippen molar-refractivity contribution in [3.8, 4) is 0 Å². The van der Waals surface area contributed by atoms with Crippen LogP contribution in [0.15, 0.2) is 28.7 Å². The second kappa shape index (κ2) is 12.0. The molecule has 10 heteroatoms. The Bertz CT molecular complexity index is 1050. The third-order valence-corrected chi connectivity index (χ3v) is 6.70. The molecule has 0 aliphatic rings. The molecule has 0 amide bonds. The van der Waals surface area contributed by atoms with E-state index in [1.54, 1.807) is 51.3 Å². The van der Waals surface area contributed by atoms with Crippen molar-refractivity contribution in [1.29, 1.82) is 0 Å². The molecule has 0 bridgehead atoms. The average molecular weight is 528 g/mol. The van der Waals surface area contributed by atoms with E-state index >= 15 is 0 Å². The first kappa shape index (κ1) is 29.9. The van der Waals surface area contributed by atoms with E-state index in [9.17, 15) is 18.6 Å². The highest BCUT2D eigenvalue weighted by atomic mass is 32.2. The molecule has 34 heavy (non-hydrogen) atoms. The molecular formula is C24H33NO6S3. The van der Waals surface area contributed by atoms with Crippen LogP contribution in [-0.4, -0.2) is 44.6 Å². The van der Waals surface area contributed by atoms with Crippen molar-refractivity contribution in [3.63, 3.8) is 0 Å². The smallest absolute Gasteiger partial charge is 0.348 e. The minimum atomic E-state index is -1.30. The summed E-state index contributed by atoms with van der Waals surface area (Å²) in [6.07, 6.45) is 2.26. The van der Waals surface area contributed by atoms with E-state index in [1.807, 2.05) is 41.5 Å². The highest BCUT2D eigenvalue weighted by Gasteiger charge is 2.21. The van der Waals surface area contributed by atoms with Crippen LogP contribution in [0, 0.1) is 0 Å². The monoisotopic (exact) mass is 527 g/mol. The van der Waals surface area contributed by atoms with Crippen molar-refractivity contribution >= 4 is 58.1 Å². The molecule has 0 saturated carbocycles. The Kier molecular flexibility index (Phi) is 10.5. The van der Waals surface area contributed by atoms with Gasteiger partial charge in [-0.3, -0.25) is 4.79 Å². The molecule has 0 spiro atoms. The van der Waals surface area contributed by atoms with Crippen molar-refractivity contribution in [3.05, 3.63) is 43.8 Å². The van der Waals surface area contributed by atoms with E-state index in [4.69, 9.17) is 9.47 Å². The number of ether oxygens (including phenoxy) is 2. The van der Waals surface area contributed by atoms with Crippen LogP contribution in [0.2, 0.25) is 0 Å². The Morgan fingerprint density at radius 1 is 0.794 bits per heavy atom. The number of hydrogen-bond acceptors (Lipinski definition) is 8. The van der Waals surface area contributed by atoms with Gasteiger partial charge in [0.25, 0.3) is 0 Å². The van der Waals surface area contributed by atoms with Gasteiger partial charge in [0.05, 0.1) is 15.8 Å². The topological polar surface area (TPSA) is 99.1 Å². The molecule has 2 aromatic heterocycles. The molecule has 0 aromatic carbocycles. The molecule has 2 aromatic rings. The molecule has 7 nitrogen and oxygen atoms in total. The van der Waals surface area contributed by atoms with Gasteiger partial charge in [-0.05, 0) is 86.6 Å². The second-order valence-corrected chi connectivity index (χ2v) is 14.3. The van der Waals surface area contributed by atoms with Crippen LogP contribution in [0.1, 0.15) is 96.2 Å². The molecule has 188 valence electrons. The lowest BCUT2D eigenvalue weighted by Gasteiger charge is -2.18. The lowest BCUT2D eigenvalue weighted by atomic mass is 10.2. The lowest BCUT2D eigenvalue weighted by molar-refractivity contribution is 0.00625. The minimum absolute atomic E-state index is 0.348. The first-order valence-electron chi connectivity index (χ1n) is 10.5. The molecule has 0 radical (unpaired) electrons. The van der Waals surface area contributed by atoms with Crippen LogP contribution in [0.25, 0.3) is 0 Å². The third-order valence-electron chi connectivity index (χ3n) is 3.37. The number of nitrogens with zero attached hydrogens (tertiary/aromatic N) is 1. The average Bonchev–Trinajstić information content (AvgIpc) is 3.32. The summed E-state index contributed by atoms with van der Waals surface area (Å²) >= 11 is 2.42. The van der Waals surface area contributed by atoms with Crippen LogP contribution in [0.3, 0.4) is 0 Å². The van der Waals surface area contributed by atoms with Crippen molar-refractivity contribution in [2.45, 2.75) is 78.3 Å². The Morgan fingerprint density at radius 2 is 1.21 bits per heavy atom. The predicted molar refractivity (Wildman–Crippen MR) is 140 cm³/mol. The van der Waals surface area contributed by atoms with Gasteiger partial charge in [-0.15, -0.1) is 22.7 Å². The number of hydrogen-bond donors (Lipinski definition) is 0. The molecule has 0 unspecified atom stereocenters. The highest BCUT2D eigenvalue weighted by Crippen LogP contribution is 2.20. The van der Waals surface area contributed by atoms with Crippen LogP contribution in [0.5, 0.6) is 0 Å². The maximum Gasteiger partial charge on any atom is 0.348 e. The maximum absolute atomic E-state index is 11.9. The number of rotatable bonds is 5. The lowest BCUT2D eigenvalue weighted by Crippen LogP contribution is -2.23. The summed E-state index contributed by atoms with van der Waals surface area (Å²) in [6.45, 7) is 16.5. The summed E-state index contributed by atoms with van der Waals surface area (Å²) in [4.78, 5) is 36.0. The molecule has 0 saturated heterocycles. The Morgan fingerprint density at radius 3 is 1.56 bits per heavy atom. The number of carbonyl (C=O) groups excluding carboxylic acids is 3. The van der Waals surface area contributed by atoms with Gasteiger partial charge in [-0.2, -0.15) is 4.40 Å². The van der Waals surface area contributed by atoms with Gasteiger partial charge in [-0.1, -0.05) is 0 Å². The van der Waals surface area contributed by atoms with Crippen LogP contribution in [0.4, 0.5) is 0 Å². The van der Waals surface area contributed by atoms with E-state index in [2.05, 4.69) is 4.40 Å². The van der Waals surface area contributed by atoms with Gasteiger partial charge in [-0.25, -0.2) is 13.8 Å². The van der Waals surface area contributed by atoms with Crippen molar-refractivity contribution in [2.24, 2.45) is 4.40 Å². The fourth-order valence-corrected chi connectivity index (χ4v) is 4.02. The highest BCUT2D eigenvalue weighted by molar-refractivity contribution is 7.85. The summed E-state index contributed by atoms with van der Waals surface area (Å²) in [5, 5.41) is 0. The summed E-state index contributed by atoms with van der Waals surface area (Å²) in [5.74, 6) is -0.727. The van der Waals surface area contributed by atoms with Crippen LogP contribution in [-0.2, 0) is 20.5 Å². The van der Waals surface area contributed by atoms with Gasteiger partial charge in [0.1, 0.15) is 31.9 Å². The molecular weight excluding hydrogens is 494 g/mol. The molecule has 0 aliphatic carbocycles. The van der Waals surface area contributed by atoms with E-state index in [0.717, 1.165) is 22.5 Å². The first-order chi connectivity index (χ1) is 15.4. The molecule has 0 aliphatic heterocycles. The van der Waals surface area contributed by atoms with Gasteiger partial charge >= 0.3 is 11.9 Å². The fourth-order valence-electron chi connectivity index (χ4n) is 1.97. The van der Waals surface area contributed by atoms with E-state index in [1.165, 1.54) is 11.3 Å². The number of aldehydes is 1. The first-order valence-corrected chi connectivity index (χ1v) is 13.2. The fraction of sp³-hybridized carbons (Fsp3) is 0.500. The van der Waals surface area contributed by atoms with E-state index in [-0.39, 0.29) is 16.7 Å². The normalized spacial score (nSPS) is 13.1.